The van der Waals surface area contributed by atoms with Gasteiger partial charge in [0.25, 0.3) is 0 Å². The summed E-state index contributed by atoms with van der Waals surface area (Å²) in [5, 5.41) is 9.52. The van der Waals surface area contributed by atoms with Crippen molar-refractivity contribution < 1.29 is 0 Å². The molecule has 0 heterocycles. The van der Waals surface area contributed by atoms with Gasteiger partial charge in [0, 0.05) is 0 Å². The Labute approximate surface area is 69.3 Å². The Morgan fingerprint density at radius 2 is 1.73 bits per heavy atom. The van der Waals surface area contributed by atoms with Crippen LogP contribution in [0.5, 0.6) is 0 Å². The SMILES string of the molecule is C=CC(NC)C(C)(NC)NC. The zero-order valence-electron chi connectivity index (χ0n) is 7.86. The highest BCUT2D eigenvalue weighted by Crippen LogP contribution is 2.04. The summed E-state index contributed by atoms with van der Waals surface area (Å²) in [4.78, 5) is 0. The Balaban J connectivity index is 4.30. The molecule has 0 aromatic heterocycles. The van der Waals surface area contributed by atoms with Crippen molar-refractivity contribution in [2.75, 3.05) is 21.1 Å². The highest BCUT2D eigenvalue weighted by atomic mass is 15.2. The fourth-order valence-electron chi connectivity index (χ4n) is 1.08. The molecular formula is C8H19N3. The van der Waals surface area contributed by atoms with Gasteiger partial charge >= 0.3 is 0 Å². The molecule has 0 rings (SSSR count). The first kappa shape index (κ1) is 10.6. The van der Waals surface area contributed by atoms with E-state index in [9.17, 15) is 0 Å². The predicted octanol–water partition coefficient (Wildman–Crippen LogP) is -0.0846. The van der Waals surface area contributed by atoms with Crippen molar-refractivity contribution >= 4 is 0 Å². The lowest BCUT2D eigenvalue weighted by Gasteiger charge is -2.35. The lowest BCUT2D eigenvalue weighted by Crippen LogP contribution is -2.62. The van der Waals surface area contributed by atoms with E-state index in [0.717, 1.165) is 0 Å². The third-order valence-electron chi connectivity index (χ3n) is 2.21. The van der Waals surface area contributed by atoms with Crippen molar-refractivity contribution in [3.63, 3.8) is 0 Å². The quantitative estimate of drug-likeness (QED) is 0.386. The maximum Gasteiger partial charge on any atom is 0.0847 e. The molecule has 0 aliphatic heterocycles. The van der Waals surface area contributed by atoms with Gasteiger partial charge in [-0.15, -0.1) is 6.58 Å². The molecule has 0 amide bonds. The standard InChI is InChI=1S/C8H19N3/c1-6-7(9-3)8(2,10-4)11-5/h6-7,9-11H,1H2,2-5H3. The van der Waals surface area contributed by atoms with Crippen LogP contribution in [0.3, 0.4) is 0 Å². The number of hydrogen-bond donors (Lipinski definition) is 3. The molecule has 0 saturated carbocycles. The van der Waals surface area contributed by atoms with E-state index in [0.29, 0.717) is 0 Å². The Bertz CT molecular complexity index is 119. The van der Waals surface area contributed by atoms with Gasteiger partial charge in [-0.3, -0.25) is 0 Å². The normalized spacial score (nSPS) is 14.5. The lowest BCUT2D eigenvalue weighted by atomic mass is 10.0. The second-order valence-electron chi connectivity index (χ2n) is 2.70. The van der Waals surface area contributed by atoms with Crippen LogP contribution >= 0.6 is 0 Å². The fraction of sp³-hybridized carbons (Fsp3) is 0.750. The third kappa shape index (κ3) is 2.29. The maximum atomic E-state index is 3.75. The smallest absolute Gasteiger partial charge is 0.0847 e. The summed E-state index contributed by atoms with van der Waals surface area (Å²) in [6, 6.07) is 0.220. The minimum Gasteiger partial charge on any atom is -0.311 e. The Morgan fingerprint density at radius 3 is 1.82 bits per heavy atom. The molecule has 0 bridgehead atoms. The van der Waals surface area contributed by atoms with Crippen molar-refractivity contribution in [2.24, 2.45) is 0 Å². The van der Waals surface area contributed by atoms with Gasteiger partial charge in [0.05, 0.1) is 11.7 Å². The van der Waals surface area contributed by atoms with E-state index < -0.39 is 0 Å². The molecule has 1 atom stereocenters. The summed E-state index contributed by atoms with van der Waals surface area (Å²) in [5.41, 5.74) is -0.128. The average Bonchev–Trinajstić information content (AvgIpc) is 2.06. The van der Waals surface area contributed by atoms with Crippen LogP contribution in [0.15, 0.2) is 12.7 Å². The summed E-state index contributed by atoms with van der Waals surface area (Å²) in [6.45, 7) is 5.83. The van der Waals surface area contributed by atoms with Crippen LogP contribution in [0.25, 0.3) is 0 Å². The molecule has 0 fully saturated rings. The van der Waals surface area contributed by atoms with Crippen LogP contribution in [0, 0.1) is 0 Å². The number of nitrogens with one attached hydrogen (secondary N) is 3. The van der Waals surface area contributed by atoms with Gasteiger partial charge in [-0.1, -0.05) is 6.08 Å². The van der Waals surface area contributed by atoms with Crippen molar-refractivity contribution in [3.05, 3.63) is 12.7 Å². The number of likely N-dealkylation sites (N-methyl/N-ethyl adjacent to an activating group) is 3. The van der Waals surface area contributed by atoms with E-state index in [4.69, 9.17) is 0 Å². The van der Waals surface area contributed by atoms with Crippen LogP contribution < -0.4 is 16.0 Å². The van der Waals surface area contributed by atoms with E-state index in [2.05, 4.69) is 29.5 Å². The zero-order valence-corrected chi connectivity index (χ0v) is 7.86. The molecule has 0 aromatic rings. The molecular weight excluding hydrogens is 138 g/mol. The van der Waals surface area contributed by atoms with Crippen molar-refractivity contribution in [1.82, 2.24) is 16.0 Å². The molecule has 0 aromatic carbocycles. The van der Waals surface area contributed by atoms with Gasteiger partial charge < -0.3 is 16.0 Å². The highest BCUT2D eigenvalue weighted by Gasteiger charge is 2.26. The summed E-state index contributed by atoms with van der Waals surface area (Å²) < 4.78 is 0. The molecule has 0 radical (unpaired) electrons. The minimum absolute atomic E-state index is 0.128. The summed E-state index contributed by atoms with van der Waals surface area (Å²) >= 11 is 0. The second-order valence-corrected chi connectivity index (χ2v) is 2.70. The van der Waals surface area contributed by atoms with Gasteiger partial charge in [-0.2, -0.15) is 0 Å². The van der Waals surface area contributed by atoms with E-state index >= 15 is 0 Å². The first-order valence-corrected chi connectivity index (χ1v) is 3.82. The summed E-state index contributed by atoms with van der Waals surface area (Å²) in [5.74, 6) is 0. The predicted molar refractivity (Wildman–Crippen MR) is 49.6 cm³/mol. The van der Waals surface area contributed by atoms with Crippen molar-refractivity contribution in [3.8, 4) is 0 Å². The Morgan fingerprint density at radius 1 is 1.27 bits per heavy atom. The molecule has 1 unspecified atom stereocenters. The lowest BCUT2D eigenvalue weighted by molar-refractivity contribution is 0.271. The summed E-state index contributed by atoms with van der Waals surface area (Å²) in [6.07, 6.45) is 1.88. The zero-order chi connectivity index (χ0) is 8.91. The first-order chi connectivity index (χ1) is 5.14. The van der Waals surface area contributed by atoms with Gasteiger partial charge in [0.2, 0.25) is 0 Å². The van der Waals surface area contributed by atoms with E-state index in [1.165, 1.54) is 0 Å². The van der Waals surface area contributed by atoms with Crippen LogP contribution in [-0.2, 0) is 0 Å². The molecule has 66 valence electrons. The van der Waals surface area contributed by atoms with Crippen LogP contribution in [0.2, 0.25) is 0 Å². The monoisotopic (exact) mass is 157 g/mol. The van der Waals surface area contributed by atoms with Gasteiger partial charge in [0.15, 0.2) is 0 Å². The molecule has 0 spiro atoms. The van der Waals surface area contributed by atoms with E-state index in [1.54, 1.807) is 0 Å². The molecule has 3 N–H and O–H groups in total. The van der Waals surface area contributed by atoms with Crippen LogP contribution in [0.1, 0.15) is 6.92 Å². The fourth-order valence-corrected chi connectivity index (χ4v) is 1.08. The van der Waals surface area contributed by atoms with Gasteiger partial charge in [-0.05, 0) is 28.1 Å². The molecule has 3 nitrogen and oxygen atoms in total. The van der Waals surface area contributed by atoms with E-state index in [1.807, 2.05) is 27.2 Å². The molecule has 3 heteroatoms. The van der Waals surface area contributed by atoms with Crippen molar-refractivity contribution in [2.45, 2.75) is 18.6 Å². The molecule has 0 aliphatic carbocycles. The first-order valence-electron chi connectivity index (χ1n) is 3.82. The van der Waals surface area contributed by atoms with Crippen LogP contribution in [-0.4, -0.2) is 32.8 Å². The van der Waals surface area contributed by atoms with E-state index in [-0.39, 0.29) is 11.7 Å². The second kappa shape index (κ2) is 4.49. The maximum absolute atomic E-state index is 3.75. The van der Waals surface area contributed by atoms with Gasteiger partial charge in [0.1, 0.15) is 0 Å². The highest BCUT2D eigenvalue weighted by molar-refractivity contribution is 5.00. The summed E-state index contributed by atoms with van der Waals surface area (Å²) in [7, 11) is 5.76. The van der Waals surface area contributed by atoms with Gasteiger partial charge in [-0.25, -0.2) is 0 Å². The molecule has 0 aliphatic rings. The van der Waals surface area contributed by atoms with Crippen LogP contribution in [0.4, 0.5) is 0 Å². The average molecular weight is 157 g/mol. The Hall–Kier alpha value is -0.380. The molecule has 0 saturated heterocycles. The number of rotatable bonds is 5. The molecule has 11 heavy (non-hydrogen) atoms. The largest absolute Gasteiger partial charge is 0.311 e. The number of hydrogen-bond acceptors (Lipinski definition) is 3. The topological polar surface area (TPSA) is 36.1 Å². The third-order valence-corrected chi connectivity index (χ3v) is 2.21. The van der Waals surface area contributed by atoms with Crippen molar-refractivity contribution in [1.29, 1.82) is 0 Å². The Kier molecular flexibility index (Phi) is 4.33. The minimum atomic E-state index is -0.128.